The molecule has 0 aromatic carbocycles. The fourth-order valence-corrected chi connectivity index (χ4v) is 4.32. The number of hydrogen-bond acceptors (Lipinski definition) is 3. The molecule has 0 amide bonds. The zero-order valence-corrected chi connectivity index (χ0v) is 14.1. The molecule has 0 unspecified atom stereocenters. The first kappa shape index (κ1) is 16.5. The number of aromatic nitrogens is 1. The Morgan fingerprint density at radius 3 is 2.57 bits per heavy atom. The van der Waals surface area contributed by atoms with Gasteiger partial charge in [0.05, 0.1) is 4.90 Å². The first-order valence-corrected chi connectivity index (χ1v) is 9.22. The molecular weight excluding hydrogens is 286 g/mol. The van der Waals surface area contributed by atoms with Crippen LogP contribution in [0.2, 0.25) is 0 Å². The van der Waals surface area contributed by atoms with Crippen molar-refractivity contribution in [2.45, 2.75) is 57.5 Å². The number of sulfonamides is 1. The zero-order valence-electron chi connectivity index (χ0n) is 13.3. The second-order valence-electron chi connectivity index (χ2n) is 6.33. The van der Waals surface area contributed by atoms with Gasteiger partial charge in [0.1, 0.15) is 0 Å². The van der Waals surface area contributed by atoms with Crippen LogP contribution in [0.4, 0.5) is 0 Å². The normalized spacial score (nSPS) is 18.2. The van der Waals surface area contributed by atoms with Crippen LogP contribution in [0.3, 0.4) is 0 Å². The highest BCUT2D eigenvalue weighted by Gasteiger charge is 2.30. The van der Waals surface area contributed by atoms with Crippen molar-refractivity contribution in [2.24, 2.45) is 5.41 Å². The Kier molecular flexibility index (Phi) is 5.11. The summed E-state index contributed by atoms with van der Waals surface area (Å²) in [6.07, 6.45) is 6.35. The number of nitrogens with zero attached hydrogens (tertiary/aromatic N) is 1. The summed E-state index contributed by atoms with van der Waals surface area (Å²) in [5.41, 5.74) is 1.11. The molecule has 21 heavy (non-hydrogen) atoms. The molecule has 1 aliphatic rings. The van der Waals surface area contributed by atoms with Crippen LogP contribution >= 0.6 is 0 Å². The molecule has 6 heteroatoms. The van der Waals surface area contributed by atoms with Gasteiger partial charge < -0.3 is 9.88 Å². The van der Waals surface area contributed by atoms with Crippen LogP contribution in [0.25, 0.3) is 0 Å². The average molecular weight is 313 g/mol. The van der Waals surface area contributed by atoms with E-state index in [9.17, 15) is 8.42 Å². The quantitative estimate of drug-likeness (QED) is 0.810. The van der Waals surface area contributed by atoms with E-state index in [1.807, 2.05) is 18.5 Å². The van der Waals surface area contributed by atoms with Gasteiger partial charge in [-0.15, -0.1) is 0 Å². The van der Waals surface area contributed by atoms with Gasteiger partial charge in [0.2, 0.25) is 10.0 Å². The van der Waals surface area contributed by atoms with Crippen molar-refractivity contribution in [3.05, 3.63) is 18.0 Å². The molecule has 1 fully saturated rings. The van der Waals surface area contributed by atoms with E-state index in [4.69, 9.17) is 0 Å². The number of aryl methyl sites for hydroxylation is 1. The molecule has 0 atom stereocenters. The summed E-state index contributed by atoms with van der Waals surface area (Å²) >= 11 is 0. The lowest BCUT2D eigenvalue weighted by Gasteiger charge is -2.23. The third-order valence-corrected chi connectivity index (χ3v) is 5.84. The third kappa shape index (κ3) is 3.87. The van der Waals surface area contributed by atoms with Crippen molar-refractivity contribution < 1.29 is 8.42 Å². The van der Waals surface area contributed by atoms with E-state index in [-0.39, 0.29) is 5.41 Å². The van der Waals surface area contributed by atoms with E-state index in [1.165, 1.54) is 12.8 Å². The summed E-state index contributed by atoms with van der Waals surface area (Å²) in [4.78, 5) is 0.371. The molecule has 2 rings (SSSR count). The molecule has 0 radical (unpaired) electrons. The van der Waals surface area contributed by atoms with Crippen molar-refractivity contribution >= 4 is 10.0 Å². The average Bonchev–Trinajstić information content (AvgIpc) is 3.05. The van der Waals surface area contributed by atoms with Gasteiger partial charge in [0.25, 0.3) is 0 Å². The lowest BCUT2D eigenvalue weighted by Crippen LogP contribution is -2.34. The molecule has 1 aromatic rings. The molecule has 1 saturated carbocycles. The second-order valence-corrected chi connectivity index (χ2v) is 8.09. The van der Waals surface area contributed by atoms with E-state index in [0.29, 0.717) is 18.0 Å². The summed E-state index contributed by atoms with van der Waals surface area (Å²) in [6, 6.07) is 1.76. The Morgan fingerprint density at radius 1 is 1.33 bits per heavy atom. The van der Waals surface area contributed by atoms with Gasteiger partial charge >= 0.3 is 0 Å². The van der Waals surface area contributed by atoms with Crippen molar-refractivity contribution in [3.63, 3.8) is 0 Å². The molecule has 0 spiro atoms. The molecule has 1 aromatic heterocycles. The highest BCUT2D eigenvalue weighted by atomic mass is 32.2. The first-order valence-electron chi connectivity index (χ1n) is 7.73. The lowest BCUT2D eigenvalue weighted by molar-refractivity contribution is 0.336. The maximum Gasteiger partial charge on any atom is 0.242 e. The highest BCUT2D eigenvalue weighted by molar-refractivity contribution is 7.89. The molecule has 2 N–H and O–H groups in total. The van der Waals surface area contributed by atoms with Crippen molar-refractivity contribution in [2.75, 3.05) is 13.6 Å². The van der Waals surface area contributed by atoms with Gasteiger partial charge in [-0.05, 0) is 38.3 Å². The standard InChI is InChI=1S/C15H27N3O2S/c1-4-18-11-14(9-13(18)10-16-3)21(19,20)17-12-15(2)7-5-6-8-15/h9,11,16-17H,4-8,10,12H2,1-3H3. The van der Waals surface area contributed by atoms with Crippen LogP contribution in [-0.4, -0.2) is 26.6 Å². The number of hydrogen-bond donors (Lipinski definition) is 2. The van der Waals surface area contributed by atoms with Crippen molar-refractivity contribution in [3.8, 4) is 0 Å². The van der Waals surface area contributed by atoms with Crippen LogP contribution in [0.1, 0.15) is 45.2 Å². The fourth-order valence-electron chi connectivity index (χ4n) is 3.05. The highest BCUT2D eigenvalue weighted by Crippen LogP contribution is 2.37. The minimum Gasteiger partial charge on any atom is -0.349 e. The van der Waals surface area contributed by atoms with Gasteiger partial charge in [-0.1, -0.05) is 19.8 Å². The molecule has 1 heterocycles. The predicted octanol–water partition coefficient (Wildman–Crippen LogP) is 2.09. The molecule has 0 saturated heterocycles. The van der Waals surface area contributed by atoms with Crippen LogP contribution < -0.4 is 10.0 Å². The smallest absolute Gasteiger partial charge is 0.242 e. The summed E-state index contributed by atoms with van der Waals surface area (Å²) in [6.45, 7) is 6.16. The molecule has 0 bridgehead atoms. The fraction of sp³-hybridized carbons (Fsp3) is 0.733. The Morgan fingerprint density at radius 2 is 2.00 bits per heavy atom. The van der Waals surface area contributed by atoms with Crippen molar-refractivity contribution in [1.29, 1.82) is 0 Å². The minimum atomic E-state index is -3.41. The SMILES string of the molecule is CCn1cc(S(=O)(=O)NCC2(C)CCCC2)cc1CNC. The summed E-state index contributed by atoms with van der Waals surface area (Å²) < 4.78 is 29.7. The molecule has 5 nitrogen and oxygen atoms in total. The largest absolute Gasteiger partial charge is 0.349 e. The third-order valence-electron chi connectivity index (χ3n) is 4.47. The van der Waals surface area contributed by atoms with Gasteiger partial charge in [-0.3, -0.25) is 0 Å². The Labute approximate surface area is 128 Å². The van der Waals surface area contributed by atoms with Gasteiger partial charge in [-0.25, -0.2) is 13.1 Å². The zero-order chi connectivity index (χ0) is 15.5. The number of rotatable bonds is 7. The number of nitrogens with one attached hydrogen (secondary N) is 2. The maximum absolute atomic E-state index is 12.5. The Bertz CT molecular complexity index is 572. The molecule has 0 aliphatic heterocycles. The first-order chi connectivity index (χ1) is 9.90. The van der Waals surface area contributed by atoms with E-state index < -0.39 is 10.0 Å². The van der Waals surface area contributed by atoms with Crippen LogP contribution in [0.5, 0.6) is 0 Å². The van der Waals surface area contributed by atoms with Crippen molar-refractivity contribution in [1.82, 2.24) is 14.6 Å². The van der Waals surface area contributed by atoms with Crippen LogP contribution in [-0.2, 0) is 23.1 Å². The van der Waals surface area contributed by atoms with Crippen LogP contribution in [0.15, 0.2) is 17.2 Å². The van der Waals surface area contributed by atoms with Gasteiger partial charge in [0.15, 0.2) is 0 Å². The molecular formula is C15H27N3O2S. The van der Waals surface area contributed by atoms with E-state index in [2.05, 4.69) is 17.0 Å². The predicted molar refractivity (Wildman–Crippen MR) is 84.6 cm³/mol. The minimum absolute atomic E-state index is 0.119. The molecule has 1 aliphatic carbocycles. The van der Waals surface area contributed by atoms with Crippen LogP contribution in [0, 0.1) is 5.41 Å². The Hall–Kier alpha value is -0.850. The van der Waals surface area contributed by atoms with E-state index in [0.717, 1.165) is 25.1 Å². The topological polar surface area (TPSA) is 63.1 Å². The second kappa shape index (κ2) is 6.50. The van der Waals surface area contributed by atoms with E-state index in [1.54, 1.807) is 12.3 Å². The van der Waals surface area contributed by atoms with Gasteiger partial charge in [-0.2, -0.15) is 0 Å². The Balaban J connectivity index is 2.11. The van der Waals surface area contributed by atoms with Gasteiger partial charge in [0, 0.05) is 31.5 Å². The van der Waals surface area contributed by atoms with E-state index >= 15 is 0 Å². The maximum atomic E-state index is 12.5. The molecule has 120 valence electrons. The lowest BCUT2D eigenvalue weighted by atomic mass is 9.89. The monoisotopic (exact) mass is 313 g/mol. The summed E-state index contributed by atoms with van der Waals surface area (Å²) in [5, 5.41) is 3.07. The summed E-state index contributed by atoms with van der Waals surface area (Å²) in [7, 11) is -1.55. The summed E-state index contributed by atoms with van der Waals surface area (Å²) in [5.74, 6) is 0.